The van der Waals surface area contributed by atoms with E-state index < -0.39 is 28.2 Å². The summed E-state index contributed by atoms with van der Waals surface area (Å²) in [5.74, 6) is -2.16. The van der Waals surface area contributed by atoms with Gasteiger partial charge >= 0.3 is 5.69 Å². The summed E-state index contributed by atoms with van der Waals surface area (Å²) in [5.41, 5.74) is 2.32. The lowest BCUT2D eigenvalue weighted by Crippen LogP contribution is -2.35. The summed E-state index contributed by atoms with van der Waals surface area (Å²) in [5, 5.41) is 12.7. The maximum Gasteiger partial charge on any atom is 0.313 e. The first-order valence-electron chi connectivity index (χ1n) is 9.61. The van der Waals surface area contributed by atoms with Crippen LogP contribution in [0.2, 0.25) is 5.02 Å². The standard InChI is InChI=1S/C23H15ClFN3O5/c24-16-10-15(11-18-22(29)26-27(23(18)30)17-7-2-1-3-8-17)21(20(12-16)28(31)32)33-13-14-6-4-5-9-19(14)25/h1-12H,13H2,(H,26,29). The molecule has 0 atom stereocenters. The fraction of sp³-hybridized carbons (Fsp3) is 0.0435. The van der Waals surface area contributed by atoms with Crippen molar-refractivity contribution in [3.63, 3.8) is 0 Å². The third kappa shape index (κ3) is 4.53. The molecule has 1 aliphatic heterocycles. The predicted molar refractivity (Wildman–Crippen MR) is 119 cm³/mol. The highest BCUT2D eigenvalue weighted by Crippen LogP contribution is 2.37. The van der Waals surface area contributed by atoms with Gasteiger partial charge in [0, 0.05) is 22.2 Å². The molecule has 1 aliphatic rings. The number of nitro benzene ring substituents is 1. The quantitative estimate of drug-likeness (QED) is 0.250. The zero-order chi connectivity index (χ0) is 23.5. The molecule has 2 amide bonds. The summed E-state index contributed by atoms with van der Waals surface area (Å²) in [6, 6.07) is 16.6. The lowest BCUT2D eigenvalue weighted by molar-refractivity contribution is -0.385. The number of anilines is 1. The van der Waals surface area contributed by atoms with Crippen molar-refractivity contribution >= 4 is 40.9 Å². The molecule has 10 heteroatoms. The van der Waals surface area contributed by atoms with Crippen molar-refractivity contribution in [2.75, 3.05) is 5.01 Å². The Kier molecular flexibility index (Phi) is 6.05. The normalized spacial score (nSPS) is 14.5. The molecule has 0 aromatic heterocycles. The molecule has 33 heavy (non-hydrogen) atoms. The number of nitrogens with one attached hydrogen (secondary N) is 1. The Morgan fingerprint density at radius 1 is 1.09 bits per heavy atom. The van der Waals surface area contributed by atoms with Crippen LogP contribution >= 0.6 is 11.6 Å². The maximum absolute atomic E-state index is 14.0. The van der Waals surface area contributed by atoms with Crippen molar-refractivity contribution in [3.05, 3.63) is 104 Å². The molecule has 0 saturated carbocycles. The van der Waals surface area contributed by atoms with Gasteiger partial charge in [0.2, 0.25) is 5.75 Å². The van der Waals surface area contributed by atoms with E-state index in [1.807, 2.05) is 0 Å². The van der Waals surface area contributed by atoms with Crippen LogP contribution in [0.1, 0.15) is 11.1 Å². The molecule has 0 radical (unpaired) electrons. The summed E-state index contributed by atoms with van der Waals surface area (Å²) < 4.78 is 19.6. The number of ether oxygens (including phenoxy) is 1. The number of amides is 2. The summed E-state index contributed by atoms with van der Waals surface area (Å²) in [7, 11) is 0. The Balaban J connectivity index is 1.74. The second-order valence-electron chi connectivity index (χ2n) is 6.96. The molecule has 8 nitrogen and oxygen atoms in total. The number of carbonyl (C=O) groups is 2. The van der Waals surface area contributed by atoms with E-state index in [0.29, 0.717) is 5.69 Å². The van der Waals surface area contributed by atoms with Crippen molar-refractivity contribution in [1.29, 1.82) is 0 Å². The summed E-state index contributed by atoms with van der Waals surface area (Å²) in [6.07, 6.45) is 1.16. The average molecular weight is 468 g/mol. The minimum absolute atomic E-state index is 0.00226. The lowest BCUT2D eigenvalue weighted by atomic mass is 10.1. The highest BCUT2D eigenvalue weighted by molar-refractivity contribution is 6.32. The molecule has 0 spiro atoms. The first-order valence-corrected chi connectivity index (χ1v) is 9.99. The van der Waals surface area contributed by atoms with Gasteiger partial charge in [-0.3, -0.25) is 25.1 Å². The topological polar surface area (TPSA) is 102 Å². The molecule has 1 heterocycles. The van der Waals surface area contributed by atoms with Gasteiger partial charge in [0.25, 0.3) is 11.8 Å². The Morgan fingerprint density at radius 2 is 1.79 bits per heavy atom. The van der Waals surface area contributed by atoms with Gasteiger partial charge in [0.05, 0.1) is 10.6 Å². The minimum Gasteiger partial charge on any atom is -0.481 e. The lowest BCUT2D eigenvalue weighted by Gasteiger charge is -2.14. The molecule has 3 aromatic carbocycles. The SMILES string of the molecule is O=C1NN(c2ccccc2)C(=O)C1=Cc1cc(Cl)cc([N+](=O)[O-])c1OCc1ccccc1F. The number of hydrogen-bond acceptors (Lipinski definition) is 5. The van der Waals surface area contributed by atoms with Gasteiger partial charge in [-0.05, 0) is 30.3 Å². The predicted octanol–water partition coefficient (Wildman–Crippen LogP) is 4.43. The van der Waals surface area contributed by atoms with Crippen LogP contribution in [-0.2, 0) is 16.2 Å². The van der Waals surface area contributed by atoms with Crippen molar-refractivity contribution < 1.29 is 23.6 Å². The van der Waals surface area contributed by atoms with Gasteiger partial charge in [-0.2, -0.15) is 0 Å². The second-order valence-corrected chi connectivity index (χ2v) is 7.39. The van der Waals surface area contributed by atoms with Crippen molar-refractivity contribution in [1.82, 2.24) is 5.43 Å². The number of carbonyl (C=O) groups excluding carboxylic acids is 2. The van der Waals surface area contributed by atoms with Crippen molar-refractivity contribution in [3.8, 4) is 5.75 Å². The van der Waals surface area contributed by atoms with E-state index >= 15 is 0 Å². The Labute approximate surface area is 192 Å². The second kappa shape index (κ2) is 9.09. The Hall–Kier alpha value is -4.24. The van der Waals surface area contributed by atoms with Crippen LogP contribution in [0.15, 0.2) is 72.3 Å². The molecule has 0 bridgehead atoms. The van der Waals surface area contributed by atoms with Gasteiger partial charge in [-0.25, -0.2) is 9.40 Å². The molecule has 3 aromatic rings. The molecule has 0 unspecified atom stereocenters. The van der Waals surface area contributed by atoms with Crippen LogP contribution in [0.5, 0.6) is 5.75 Å². The van der Waals surface area contributed by atoms with Gasteiger partial charge in [0.1, 0.15) is 18.0 Å². The van der Waals surface area contributed by atoms with E-state index in [-0.39, 0.29) is 34.1 Å². The molecular formula is C23H15ClFN3O5. The van der Waals surface area contributed by atoms with Gasteiger partial charge in [0.15, 0.2) is 0 Å². The van der Waals surface area contributed by atoms with Crippen LogP contribution in [-0.4, -0.2) is 16.7 Å². The highest BCUT2D eigenvalue weighted by atomic mass is 35.5. The van der Waals surface area contributed by atoms with Crippen LogP contribution < -0.4 is 15.2 Å². The van der Waals surface area contributed by atoms with E-state index in [4.69, 9.17) is 16.3 Å². The van der Waals surface area contributed by atoms with Crippen molar-refractivity contribution in [2.24, 2.45) is 0 Å². The molecular weight excluding hydrogens is 453 g/mol. The first kappa shape index (κ1) is 22.0. The number of para-hydroxylation sites is 1. The molecule has 1 fully saturated rings. The van der Waals surface area contributed by atoms with E-state index in [2.05, 4.69) is 5.43 Å². The number of rotatable bonds is 6. The van der Waals surface area contributed by atoms with Gasteiger partial charge in [-0.15, -0.1) is 0 Å². The van der Waals surface area contributed by atoms with E-state index in [1.54, 1.807) is 36.4 Å². The molecule has 166 valence electrons. The van der Waals surface area contributed by atoms with Crippen LogP contribution in [0.3, 0.4) is 0 Å². The zero-order valence-electron chi connectivity index (χ0n) is 16.8. The van der Waals surface area contributed by atoms with Crippen molar-refractivity contribution in [2.45, 2.75) is 6.61 Å². The third-order valence-electron chi connectivity index (χ3n) is 4.80. The molecule has 1 saturated heterocycles. The third-order valence-corrected chi connectivity index (χ3v) is 5.01. The molecule has 1 N–H and O–H groups in total. The largest absolute Gasteiger partial charge is 0.481 e. The van der Waals surface area contributed by atoms with E-state index in [9.17, 15) is 24.1 Å². The van der Waals surface area contributed by atoms with Gasteiger partial charge in [-0.1, -0.05) is 48.0 Å². The number of hydrazine groups is 1. The van der Waals surface area contributed by atoms with E-state index in [1.165, 1.54) is 24.3 Å². The number of hydrogen-bond donors (Lipinski definition) is 1. The van der Waals surface area contributed by atoms with Crippen LogP contribution in [0.4, 0.5) is 15.8 Å². The summed E-state index contributed by atoms with van der Waals surface area (Å²) in [4.78, 5) is 36.3. The van der Waals surface area contributed by atoms with Crippen LogP contribution in [0, 0.1) is 15.9 Å². The number of nitrogens with zero attached hydrogens (tertiary/aromatic N) is 2. The molecule has 4 rings (SSSR count). The Bertz CT molecular complexity index is 1300. The minimum atomic E-state index is -0.711. The molecule has 0 aliphatic carbocycles. The average Bonchev–Trinajstić information content (AvgIpc) is 3.08. The van der Waals surface area contributed by atoms with Gasteiger partial charge < -0.3 is 4.74 Å². The number of halogens is 2. The van der Waals surface area contributed by atoms with Crippen LogP contribution in [0.25, 0.3) is 6.08 Å². The fourth-order valence-electron chi connectivity index (χ4n) is 3.24. The monoisotopic (exact) mass is 467 g/mol. The summed E-state index contributed by atoms with van der Waals surface area (Å²) >= 11 is 6.05. The van der Waals surface area contributed by atoms with E-state index in [0.717, 1.165) is 17.2 Å². The Morgan fingerprint density at radius 3 is 2.48 bits per heavy atom. The zero-order valence-corrected chi connectivity index (χ0v) is 17.6. The smallest absolute Gasteiger partial charge is 0.313 e. The highest BCUT2D eigenvalue weighted by Gasteiger charge is 2.35. The fourth-order valence-corrected chi connectivity index (χ4v) is 3.46. The number of nitro groups is 1. The number of benzene rings is 3. The first-order chi connectivity index (χ1) is 15.8. The maximum atomic E-state index is 14.0. The summed E-state index contributed by atoms with van der Waals surface area (Å²) in [6.45, 7) is -0.318.